The molecule has 0 atom stereocenters. The van der Waals surface area contributed by atoms with E-state index < -0.39 is 0 Å². The molecule has 1 saturated heterocycles. The smallest absolute Gasteiger partial charge is 0.0278 e. The minimum absolute atomic E-state index is 0.503. The number of rotatable bonds is 2. The quantitative estimate of drug-likeness (QED) is 0.645. The van der Waals surface area contributed by atoms with Crippen molar-refractivity contribution in [3.05, 3.63) is 24.6 Å². The summed E-state index contributed by atoms with van der Waals surface area (Å²) in [5.41, 5.74) is 2.49. The van der Waals surface area contributed by atoms with Crippen molar-refractivity contribution in [1.29, 1.82) is 0 Å². The lowest BCUT2D eigenvalue weighted by Gasteiger charge is -2.41. The van der Waals surface area contributed by atoms with Gasteiger partial charge in [-0.15, -0.1) is 0 Å². The van der Waals surface area contributed by atoms with Gasteiger partial charge < -0.3 is 4.90 Å². The Bertz CT molecular complexity index is 220. The van der Waals surface area contributed by atoms with Crippen molar-refractivity contribution in [2.45, 2.75) is 46.6 Å². The minimum Gasteiger partial charge on any atom is -0.347 e. The Morgan fingerprint density at radius 3 is 1.79 bits per heavy atom. The molecule has 1 aliphatic rings. The van der Waals surface area contributed by atoms with Crippen molar-refractivity contribution in [2.75, 3.05) is 0 Å². The third-order valence-electron chi connectivity index (χ3n) is 3.14. The van der Waals surface area contributed by atoms with Crippen molar-refractivity contribution in [3.63, 3.8) is 0 Å². The van der Waals surface area contributed by atoms with E-state index in [9.17, 15) is 0 Å². The van der Waals surface area contributed by atoms with Crippen molar-refractivity contribution >= 4 is 0 Å². The fraction of sp³-hybridized carbons (Fsp3) is 0.692. The Morgan fingerprint density at radius 2 is 1.50 bits per heavy atom. The van der Waals surface area contributed by atoms with Gasteiger partial charge in [0.05, 0.1) is 0 Å². The van der Waals surface area contributed by atoms with Crippen LogP contribution < -0.4 is 0 Å². The average molecular weight is 193 g/mol. The molecule has 0 N–H and O–H groups in total. The number of likely N-dealkylation sites (tertiary alicyclic amines) is 1. The predicted molar refractivity (Wildman–Crippen MR) is 62.8 cm³/mol. The topological polar surface area (TPSA) is 3.24 Å². The van der Waals surface area contributed by atoms with Gasteiger partial charge in [0.25, 0.3) is 0 Å². The SMILES string of the molecule is C=C1CC(C(C)C)CC(=C)N1C(C)C. The maximum atomic E-state index is 4.16. The summed E-state index contributed by atoms with van der Waals surface area (Å²) in [4.78, 5) is 2.29. The molecule has 1 rings (SSSR count). The zero-order valence-corrected chi connectivity index (χ0v) is 10.0. The number of piperidine rings is 1. The zero-order chi connectivity index (χ0) is 10.9. The Morgan fingerprint density at radius 1 is 1.07 bits per heavy atom. The molecule has 0 spiro atoms. The molecule has 1 heteroatoms. The average Bonchev–Trinajstić information content (AvgIpc) is 2.01. The predicted octanol–water partition coefficient (Wildman–Crippen LogP) is 3.79. The maximum absolute atomic E-state index is 4.16. The third kappa shape index (κ3) is 2.20. The van der Waals surface area contributed by atoms with Gasteiger partial charge in [0.2, 0.25) is 0 Å². The van der Waals surface area contributed by atoms with Gasteiger partial charge in [0.15, 0.2) is 0 Å². The van der Waals surface area contributed by atoms with Gasteiger partial charge in [-0.05, 0) is 38.5 Å². The van der Waals surface area contributed by atoms with Crippen LogP contribution in [0.25, 0.3) is 0 Å². The Balaban J connectivity index is 2.73. The summed E-state index contributed by atoms with van der Waals surface area (Å²) in [5, 5.41) is 0. The maximum Gasteiger partial charge on any atom is 0.0278 e. The van der Waals surface area contributed by atoms with Crippen molar-refractivity contribution in [3.8, 4) is 0 Å². The molecule has 0 unspecified atom stereocenters. The molecule has 1 heterocycles. The highest BCUT2D eigenvalue weighted by Gasteiger charge is 2.27. The van der Waals surface area contributed by atoms with Gasteiger partial charge in [-0.1, -0.05) is 27.0 Å². The van der Waals surface area contributed by atoms with Crippen LogP contribution in [-0.4, -0.2) is 10.9 Å². The van der Waals surface area contributed by atoms with Crippen LogP contribution >= 0.6 is 0 Å². The summed E-state index contributed by atoms with van der Waals surface area (Å²) in [6, 6.07) is 0.503. The largest absolute Gasteiger partial charge is 0.347 e. The van der Waals surface area contributed by atoms with Crippen LogP contribution in [0.15, 0.2) is 24.6 Å². The van der Waals surface area contributed by atoms with Gasteiger partial charge in [-0.3, -0.25) is 0 Å². The first-order valence-corrected chi connectivity index (χ1v) is 5.58. The number of hydrogen-bond acceptors (Lipinski definition) is 1. The van der Waals surface area contributed by atoms with Crippen molar-refractivity contribution in [2.24, 2.45) is 11.8 Å². The summed E-state index contributed by atoms with van der Waals surface area (Å²) >= 11 is 0. The monoisotopic (exact) mass is 193 g/mol. The Kier molecular flexibility index (Phi) is 3.41. The van der Waals surface area contributed by atoms with E-state index in [-0.39, 0.29) is 0 Å². The molecule has 0 amide bonds. The van der Waals surface area contributed by atoms with Crippen LogP contribution in [0.2, 0.25) is 0 Å². The molecule has 0 saturated carbocycles. The number of hydrogen-bond donors (Lipinski definition) is 0. The molecule has 14 heavy (non-hydrogen) atoms. The molecule has 0 aromatic heterocycles. The van der Waals surface area contributed by atoms with E-state index in [0.29, 0.717) is 6.04 Å². The summed E-state index contributed by atoms with van der Waals surface area (Å²) in [7, 11) is 0. The van der Waals surface area contributed by atoms with E-state index in [0.717, 1.165) is 24.7 Å². The molecule has 0 aromatic carbocycles. The van der Waals surface area contributed by atoms with Gasteiger partial charge in [-0.2, -0.15) is 0 Å². The standard InChI is InChI=1S/C13H23N/c1-9(2)13-7-11(5)14(10(3)4)12(6)8-13/h9-10,13H,5-8H2,1-4H3. The first kappa shape index (κ1) is 11.4. The fourth-order valence-corrected chi connectivity index (χ4v) is 2.30. The second kappa shape index (κ2) is 4.20. The van der Waals surface area contributed by atoms with Crippen molar-refractivity contribution in [1.82, 2.24) is 4.90 Å². The van der Waals surface area contributed by atoms with Crippen LogP contribution in [-0.2, 0) is 0 Å². The molecule has 0 aromatic rings. The summed E-state index contributed by atoms with van der Waals surface area (Å²) in [6.45, 7) is 17.3. The Hall–Kier alpha value is -0.720. The lowest BCUT2D eigenvalue weighted by atomic mass is 9.83. The molecule has 1 aliphatic heterocycles. The molecule has 0 aliphatic carbocycles. The van der Waals surface area contributed by atoms with Crippen LogP contribution in [0.4, 0.5) is 0 Å². The molecule has 80 valence electrons. The third-order valence-corrected chi connectivity index (χ3v) is 3.14. The fourth-order valence-electron chi connectivity index (χ4n) is 2.30. The van der Waals surface area contributed by atoms with Crippen molar-refractivity contribution < 1.29 is 0 Å². The van der Waals surface area contributed by atoms with E-state index in [1.54, 1.807) is 0 Å². The molecule has 0 radical (unpaired) electrons. The number of nitrogens with zero attached hydrogens (tertiary/aromatic N) is 1. The molecule has 1 fully saturated rings. The van der Waals surface area contributed by atoms with Gasteiger partial charge >= 0.3 is 0 Å². The van der Waals surface area contributed by atoms with Gasteiger partial charge in [0.1, 0.15) is 0 Å². The first-order chi connectivity index (χ1) is 6.43. The van der Waals surface area contributed by atoms with E-state index in [2.05, 4.69) is 45.8 Å². The molecule has 0 bridgehead atoms. The molecular weight excluding hydrogens is 170 g/mol. The second-order valence-corrected chi connectivity index (χ2v) is 5.01. The van der Waals surface area contributed by atoms with E-state index in [1.807, 2.05) is 0 Å². The normalized spacial score (nSPS) is 20.0. The Labute approximate surface area is 88.5 Å². The second-order valence-electron chi connectivity index (χ2n) is 5.01. The zero-order valence-electron chi connectivity index (χ0n) is 10.0. The van der Waals surface area contributed by atoms with E-state index in [4.69, 9.17) is 0 Å². The van der Waals surface area contributed by atoms with Crippen LogP contribution in [0, 0.1) is 11.8 Å². The highest BCUT2D eigenvalue weighted by atomic mass is 15.2. The highest BCUT2D eigenvalue weighted by Crippen LogP contribution is 2.36. The van der Waals surface area contributed by atoms with Crippen LogP contribution in [0.1, 0.15) is 40.5 Å². The summed E-state index contributed by atoms with van der Waals surface area (Å²) in [6.07, 6.45) is 2.27. The lowest BCUT2D eigenvalue weighted by molar-refractivity contribution is 0.230. The highest BCUT2D eigenvalue weighted by molar-refractivity contribution is 5.15. The van der Waals surface area contributed by atoms with Gasteiger partial charge in [-0.25, -0.2) is 0 Å². The lowest BCUT2D eigenvalue weighted by Crippen LogP contribution is -2.35. The molecular formula is C13H23N. The van der Waals surface area contributed by atoms with E-state index in [1.165, 1.54) is 11.4 Å². The minimum atomic E-state index is 0.503. The van der Waals surface area contributed by atoms with Gasteiger partial charge in [0, 0.05) is 17.4 Å². The van der Waals surface area contributed by atoms with Crippen LogP contribution in [0.3, 0.4) is 0 Å². The first-order valence-electron chi connectivity index (χ1n) is 5.58. The van der Waals surface area contributed by atoms with E-state index >= 15 is 0 Å². The summed E-state index contributed by atoms with van der Waals surface area (Å²) < 4.78 is 0. The molecule has 1 nitrogen and oxygen atoms in total. The number of allylic oxidation sites excluding steroid dienone is 2. The van der Waals surface area contributed by atoms with Crippen LogP contribution in [0.5, 0.6) is 0 Å². The summed E-state index contributed by atoms with van der Waals surface area (Å²) in [5.74, 6) is 1.47.